The Morgan fingerprint density at radius 2 is 1.18 bits per heavy atom. The minimum absolute atomic E-state index is 0.110. The average Bonchev–Trinajstić information content (AvgIpc) is 3.13. The van der Waals surface area contributed by atoms with Gasteiger partial charge in [0.15, 0.2) is 5.78 Å². The van der Waals surface area contributed by atoms with Crippen LogP contribution in [0.15, 0.2) is 109 Å². The molecule has 12 heteroatoms. The molecule has 0 aliphatic heterocycles. The van der Waals surface area contributed by atoms with Gasteiger partial charge in [0.25, 0.3) is 0 Å². The molecule has 0 unspecified atom stereocenters. The van der Waals surface area contributed by atoms with E-state index >= 15 is 0 Å². The van der Waals surface area contributed by atoms with E-state index in [0.29, 0.717) is 68.7 Å². The minimum atomic E-state index is -0.424. The molecule has 0 aliphatic rings. The highest BCUT2D eigenvalue weighted by Crippen LogP contribution is 2.21. The summed E-state index contributed by atoms with van der Waals surface area (Å²) in [5.41, 5.74) is 3.37. The van der Waals surface area contributed by atoms with E-state index in [1.165, 1.54) is 0 Å². The molecule has 5 aromatic rings. The predicted octanol–water partition coefficient (Wildman–Crippen LogP) is 6.53. The summed E-state index contributed by atoms with van der Waals surface area (Å²) >= 11 is 0. The lowest BCUT2D eigenvalue weighted by Crippen LogP contribution is -2.15. The van der Waals surface area contributed by atoms with Crippen LogP contribution in [-0.2, 0) is 20.8 Å². The largest absolute Gasteiger partial charge is 0.508 e. The summed E-state index contributed by atoms with van der Waals surface area (Å²) in [6.45, 7) is 2.30. The van der Waals surface area contributed by atoms with Crippen molar-refractivity contribution in [3.63, 3.8) is 0 Å². The quantitative estimate of drug-likeness (QED) is 0.0329. The number of Topliss-reactive ketones (excluding diaryl/α,β-unsaturated/α-hetero) is 1. The highest BCUT2D eigenvalue weighted by Gasteiger charge is 2.11. The summed E-state index contributed by atoms with van der Waals surface area (Å²) in [5.74, 6) is 0.667. The number of carbonyl (C=O) groups excluding carboxylic acids is 2. The van der Waals surface area contributed by atoms with Crippen LogP contribution in [0.25, 0.3) is 0 Å². The fourth-order valence-corrected chi connectivity index (χ4v) is 4.53. The van der Waals surface area contributed by atoms with Crippen molar-refractivity contribution < 1.29 is 28.9 Å². The minimum Gasteiger partial charge on any atom is -0.508 e. The highest BCUT2D eigenvalue weighted by atomic mass is 16.5. The van der Waals surface area contributed by atoms with Crippen LogP contribution in [-0.4, -0.2) is 64.8 Å². The zero-order valence-electron chi connectivity index (χ0n) is 26.9. The van der Waals surface area contributed by atoms with Crippen LogP contribution in [0.1, 0.15) is 39.1 Å². The van der Waals surface area contributed by atoms with E-state index in [4.69, 9.17) is 14.2 Å². The Kier molecular flexibility index (Phi) is 13.0. The SMILES string of the molecule is O=C(CCCOCCOCCNc1nc(Nc2ccc(O)cc2)nc(Nc2ccc(C(=O)OCc3ccccc3)cc2)n1)c1ccccc1. The Balaban J connectivity index is 1.09. The van der Waals surface area contributed by atoms with Crippen LogP contribution >= 0.6 is 0 Å². The van der Waals surface area contributed by atoms with Gasteiger partial charge < -0.3 is 35.3 Å². The molecule has 252 valence electrons. The second-order valence-electron chi connectivity index (χ2n) is 10.8. The maximum atomic E-state index is 12.5. The molecule has 12 nitrogen and oxygen atoms in total. The van der Waals surface area contributed by atoms with Gasteiger partial charge in [-0.25, -0.2) is 4.79 Å². The molecule has 0 atom stereocenters. The summed E-state index contributed by atoms with van der Waals surface area (Å²) < 4.78 is 16.7. The van der Waals surface area contributed by atoms with E-state index < -0.39 is 5.97 Å². The van der Waals surface area contributed by atoms with Crippen LogP contribution in [0.4, 0.5) is 29.2 Å². The molecule has 4 N–H and O–H groups in total. The van der Waals surface area contributed by atoms with Crippen molar-refractivity contribution in [1.82, 2.24) is 15.0 Å². The summed E-state index contributed by atoms with van der Waals surface area (Å²) in [5, 5.41) is 19.1. The number of anilines is 5. The van der Waals surface area contributed by atoms with Crippen molar-refractivity contribution in [1.29, 1.82) is 0 Å². The number of aromatic nitrogens is 3. The van der Waals surface area contributed by atoms with E-state index in [0.717, 1.165) is 11.1 Å². The molecule has 4 aromatic carbocycles. The number of hydrogen-bond acceptors (Lipinski definition) is 12. The number of ketones is 1. The fraction of sp³-hybridized carbons (Fsp3) is 0.216. The number of nitrogens with zero attached hydrogens (tertiary/aromatic N) is 3. The maximum Gasteiger partial charge on any atom is 0.338 e. The zero-order chi connectivity index (χ0) is 34.1. The Morgan fingerprint density at radius 1 is 0.612 bits per heavy atom. The van der Waals surface area contributed by atoms with Gasteiger partial charge in [-0.2, -0.15) is 15.0 Å². The molecule has 0 bridgehead atoms. The van der Waals surface area contributed by atoms with Gasteiger partial charge in [-0.1, -0.05) is 60.7 Å². The van der Waals surface area contributed by atoms with Gasteiger partial charge >= 0.3 is 5.97 Å². The Morgan fingerprint density at radius 3 is 1.84 bits per heavy atom. The lowest BCUT2D eigenvalue weighted by atomic mass is 10.1. The number of phenols is 1. The number of rotatable bonds is 19. The molecule has 0 spiro atoms. The van der Waals surface area contributed by atoms with Crippen LogP contribution in [0.2, 0.25) is 0 Å². The zero-order valence-corrected chi connectivity index (χ0v) is 26.9. The van der Waals surface area contributed by atoms with Gasteiger partial charge in [-0.15, -0.1) is 0 Å². The number of esters is 1. The second-order valence-corrected chi connectivity index (χ2v) is 10.8. The van der Waals surface area contributed by atoms with Gasteiger partial charge in [-0.3, -0.25) is 4.79 Å². The average molecular weight is 663 g/mol. The third kappa shape index (κ3) is 11.7. The topological polar surface area (TPSA) is 157 Å². The third-order valence-corrected chi connectivity index (χ3v) is 7.04. The first-order chi connectivity index (χ1) is 24.0. The molecule has 0 saturated carbocycles. The molecule has 5 rings (SSSR count). The monoisotopic (exact) mass is 662 g/mol. The van der Waals surface area contributed by atoms with Crippen molar-refractivity contribution in [2.45, 2.75) is 19.4 Å². The summed E-state index contributed by atoms with van der Waals surface area (Å²) in [6.07, 6.45) is 1.09. The molecule has 0 saturated heterocycles. The van der Waals surface area contributed by atoms with E-state index in [1.54, 1.807) is 48.5 Å². The second kappa shape index (κ2) is 18.5. The standard InChI is InChI=1S/C37H38N6O6/c44-32-19-17-31(18-20-32)40-37-42-35(38-21-23-48-25-24-47-22-7-12-33(45)28-10-5-2-6-11-28)41-36(43-37)39-30-15-13-29(14-16-30)34(46)49-26-27-8-3-1-4-9-27/h1-6,8-11,13-20,44H,7,12,21-26H2,(H3,38,39,40,41,42,43). The molecule has 1 aromatic heterocycles. The molecule has 49 heavy (non-hydrogen) atoms. The van der Waals surface area contributed by atoms with Crippen LogP contribution in [0.3, 0.4) is 0 Å². The number of nitrogens with one attached hydrogen (secondary N) is 3. The van der Waals surface area contributed by atoms with E-state index in [2.05, 4.69) is 30.9 Å². The van der Waals surface area contributed by atoms with E-state index in [9.17, 15) is 14.7 Å². The molecule has 0 radical (unpaired) electrons. The smallest absolute Gasteiger partial charge is 0.338 e. The Bertz CT molecular complexity index is 1760. The van der Waals surface area contributed by atoms with Crippen molar-refractivity contribution in [3.05, 3.63) is 126 Å². The van der Waals surface area contributed by atoms with Crippen molar-refractivity contribution >= 4 is 41.0 Å². The van der Waals surface area contributed by atoms with Gasteiger partial charge in [0.2, 0.25) is 17.8 Å². The molecule has 1 heterocycles. The first kappa shape index (κ1) is 34.5. The maximum absolute atomic E-state index is 12.5. The highest BCUT2D eigenvalue weighted by molar-refractivity contribution is 5.95. The normalized spacial score (nSPS) is 10.7. The van der Waals surface area contributed by atoms with Crippen molar-refractivity contribution in [3.8, 4) is 5.75 Å². The first-order valence-electron chi connectivity index (χ1n) is 15.9. The lowest BCUT2D eigenvalue weighted by molar-refractivity contribution is 0.0472. The molecule has 0 fully saturated rings. The predicted molar refractivity (Wildman–Crippen MR) is 187 cm³/mol. The number of carbonyl (C=O) groups is 2. The number of aromatic hydroxyl groups is 1. The van der Waals surface area contributed by atoms with Gasteiger partial charge in [-0.05, 0) is 60.5 Å². The molecule has 0 aliphatic carbocycles. The fourth-order valence-electron chi connectivity index (χ4n) is 4.53. The van der Waals surface area contributed by atoms with Crippen molar-refractivity contribution in [2.75, 3.05) is 48.9 Å². The molecular weight excluding hydrogens is 624 g/mol. The first-order valence-corrected chi connectivity index (χ1v) is 15.9. The van der Waals surface area contributed by atoms with Crippen LogP contribution < -0.4 is 16.0 Å². The number of phenolic OH excluding ortho intramolecular Hbond substituents is 1. The van der Waals surface area contributed by atoms with Gasteiger partial charge in [0, 0.05) is 36.5 Å². The van der Waals surface area contributed by atoms with Crippen LogP contribution in [0, 0.1) is 0 Å². The summed E-state index contributed by atoms with van der Waals surface area (Å²) in [6, 6.07) is 32.0. The Hall–Kier alpha value is -5.85. The third-order valence-electron chi connectivity index (χ3n) is 7.04. The van der Waals surface area contributed by atoms with Gasteiger partial charge in [0.1, 0.15) is 12.4 Å². The number of benzene rings is 4. The van der Waals surface area contributed by atoms with Crippen molar-refractivity contribution in [2.24, 2.45) is 0 Å². The lowest BCUT2D eigenvalue weighted by Gasteiger charge is -2.12. The van der Waals surface area contributed by atoms with E-state index in [-0.39, 0.29) is 30.0 Å². The summed E-state index contributed by atoms with van der Waals surface area (Å²) in [4.78, 5) is 38.1. The van der Waals surface area contributed by atoms with Gasteiger partial charge in [0.05, 0.1) is 25.4 Å². The molecule has 0 amide bonds. The summed E-state index contributed by atoms with van der Waals surface area (Å²) in [7, 11) is 0. The number of ether oxygens (including phenoxy) is 3. The van der Waals surface area contributed by atoms with Crippen LogP contribution in [0.5, 0.6) is 5.75 Å². The molecular formula is C37H38N6O6. The Labute approximate surface area is 284 Å². The number of hydrogen-bond donors (Lipinski definition) is 4. The van der Waals surface area contributed by atoms with E-state index in [1.807, 2.05) is 60.7 Å².